The SMILES string of the molecule is CC(C)n1cc(-c2cc(C(=O)N[C@H](C)c3ccc(-c4cc(C(F)(F)F)ccc4CNC(=O)OC(C)(C)C)cc3)ncn2)cn1. The molecule has 2 heterocycles. The standard InChI is InChI=1S/C32H35F3N6O3/c1-19(2)41-17-24(16-39-41)27-14-28(38-18-37-27)29(42)40-20(3)21-7-9-22(10-8-21)26-13-25(32(33,34)35)12-11-23(26)15-36-30(43)44-31(4,5)6/h7-14,16-20H,15H2,1-6H3,(H,36,43)(H,40,42)/t20-/m1/s1. The minimum atomic E-state index is -4.54. The molecule has 44 heavy (non-hydrogen) atoms. The van der Waals surface area contributed by atoms with Gasteiger partial charge >= 0.3 is 12.3 Å². The Bertz CT molecular complexity index is 1630. The van der Waals surface area contributed by atoms with E-state index < -0.39 is 35.4 Å². The second-order valence-corrected chi connectivity index (χ2v) is 11.6. The van der Waals surface area contributed by atoms with Crippen LogP contribution in [0, 0.1) is 0 Å². The molecule has 0 aliphatic rings. The lowest BCUT2D eigenvalue weighted by Crippen LogP contribution is -2.32. The molecule has 0 unspecified atom stereocenters. The number of amides is 2. The van der Waals surface area contributed by atoms with E-state index in [1.165, 1.54) is 12.4 Å². The predicted octanol–water partition coefficient (Wildman–Crippen LogP) is 7.12. The van der Waals surface area contributed by atoms with Crippen molar-refractivity contribution in [2.24, 2.45) is 0 Å². The van der Waals surface area contributed by atoms with Crippen molar-refractivity contribution in [3.8, 4) is 22.4 Å². The summed E-state index contributed by atoms with van der Waals surface area (Å²) >= 11 is 0. The zero-order chi connectivity index (χ0) is 32.2. The van der Waals surface area contributed by atoms with Crippen LogP contribution < -0.4 is 10.6 Å². The molecule has 232 valence electrons. The zero-order valence-corrected chi connectivity index (χ0v) is 25.4. The van der Waals surface area contributed by atoms with Crippen LogP contribution in [0.2, 0.25) is 0 Å². The third-order valence-corrected chi connectivity index (χ3v) is 6.65. The zero-order valence-electron chi connectivity index (χ0n) is 25.4. The largest absolute Gasteiger partial charge is 0.444 e. The Morgan fingerprint density at radius 1 is 0.955 bits per heavy atom. The highest BCUT2D eigenvalue weighted by Gasteiger charge is 2.31. The van der Waals surface area contributed by atoms with Gasteiger partial charge in [0.1, 0.15) is 17.6 Å². The summed E-state index contributed by atoms with van der Waals surface area (Å²) in [5, 5.41) is 9.82. The number of rotatable bonds is 8. The molecule has 0 saturated heterocycles. The van der Waals surface area contributed by atoms with Gasteiger partial charge in [0.15, 0.2) is 0 Å². The number of nitrogens with one attached hydrogen (secondary N) is 2. The lowest BCUT2D eigenvalue weighted by atomic mass is 9.95. The molecule has 1 atom stereocenters. The van der Waals surface area contributed by atoms with Gasteiger partial charge in [0.25, 0.3) is 5.91 Å². The number of aromatic nitrogens is 4. The van der Waals surface area contributed by atoms with Crippen LogP contribution in [0.5, 0.6) is 0 Å². The van der Waals surface area contributed by atoms with E-state index in [-0.39, 0.29) is 18.3 Å². The Morgan fingerprint density at radius 3 is 2.27 bits per heavy atom. The van der Waals surface area contributed by atoms with Gasteiger partial charge in [0.05, 0.1) is 23.5 Å². The first-order chi connectivity index (χ1) is 20.6. The van der Waals surface area contributed by atoms with Crippen LogP contribution in [0.3, 0.4) is 0 Å². The monoisotopic (exact) mass is 608 g/mol. The fourth-order valence-corrected chi connectivity index (χ4v) is 4.35. The lowest BCUT2D eigenvalue weighted by Gasteiger charge is -2.20. The van der Waals surface area contributed by atoms with Crippen molar-refractivity contribution in [2.45, 2.75) is 71.9 Å². The first-order valence-electron chi connectivity index (χ1n) is 14.1. The average Bonchev–Trinajstić information content (AvgIpc) is 3.46. The smallest absolute Gasteiger partial charge is 0.416 e. The van der Waals surface area contributed by atoms with Crippen molar-refractivity contribution in [3.63, 3.8) is 0 Å². The maximum Gasteiger partial charge on any atom is 0.416 e. The van der Waals surface area contributed by atoms with Gasteiger partial charge in [-0.25, -0.2) is 14.8 Å². The molecular weight excluding hydrogens is 573 g/mol. The maximum absolute atomic E-state index is 13.6. The Kier molecular flexibility index (Phi) is 9.41. The second-order valence-electron chi connectivity index (χ2n) is 11.6. The first-order valence-corrected chi connectivity index (χ1v) is 14.1. The summed E-state index contributed by atoms with van der Waals surface area (Å²) in [6, 6.07) is 11.5. The number of hydrogen-bond acceptors (Lipinski definition) is 6. The number of hydrogen-bond donors (Lipinski definition) is 2. The molecule has 9 nitrogen and oxygen atoms in total. The Hall–Kier alpha value is -4.74. The summed E-state index contributed by atoms with van der Waals surface area (Å²) in [6.45, 7) is 10.9. The summed E-state index contributed by atoms with van der Waals surface area (Å²) in [5.74, 6) is -0.408. The van der Waals surface area contributed by atoms with Crippen LogP contribution >= 0.6 is 0 Å². The van der Waals surface area contributed by atoms with Crippen LogP contribution in [-0.2, 0) is 17.5 Å². The Balaban J connectivity index is 1.51. The van der Waals surface area contributed by atoms with Gasteiger partial charge in [-0.05, 0) is 82.0 Å². The second kappa shape index (κ2) is 12.9. The molecule has 0 saturated carbocycles. The maximum atomic E-state index is 13.6. The van der Waals surface area contributed by atoms with E-state index in [0.29, 0.717) is 22.4 Å². The van der Waals surface area contributed by atoms with Gasteiger partial charge in [-0.1, -0.05) is 30.3 Å². The van der Waals surface area contributed by atoms with Crippen molar-refractivity contribution in [1.29, 1.82) is 0 Å². The average molecular weight is 609 g/mol. The van der Waals surface area contributed by atoms with Gasteiger partial charge in [-0.3, -0.25) is 9.48 Å². The van der Waals surface area contributed by atoms with Gasteiger partial charge < -0.3 is 15.4 Å². The Morgan fingerprint density at radius 2 is 1.66 bits per heavy atom. The summed E-state index contributed by atoms with van der Waals surface area (Å²) in [7, 11) is 0. The topological polar surface area (TPSA) is 111 Å². The highest BCUT2D eigenvalue weighted by atomic mass is 19.4. The molecule has 0 aliphatic heterocycles. The molecule has 4 aromatic rings. The van der Waals surface area contributed by atoms with Gasteiger partial charge in [0, 0.05) is 24.3 Å². The molecule has 4 rings (SSSR count). The molecule has 12 heteroatoms. The van der Waals surface area contributed by atoms with E-state index in [2.05, 4.69) is 25.7 Å². The molecule has 2 N–H and O–H groups in total. The van der Waals surface area contributed by atoms with Crippen molar-refractivity contribution in [3.05, 3.63) is 89.6 Å². The lowest BCUT2D eigenvalue weighted by molar-refractivity contribution is -0.137. The molecule has 2 amide bonds. The van der Waals surface area contributed by atoms with E-state index in [1.807, 2.05) is 20.0 Å². The molecule has 0 radical (unpaired) electrons. The van der Waals surface area contributed by atoms with E-state index in [1.54, 1.807) is 68.9 Å². The summed E-state index contributed by atoms with van der Waals surface area (Å²) in [5.41, 5.74) is 2.02. The van der Waals surface area contributed by atoms with Crippen molar-refractivity contribution in [2.75, 3.05) is 0 Å². The fourth-order valence-electron chi connectivity index (χ4n) is 4.35. The fraction of sp³-hybridized carbons (Fsp3) is 0.344. The van der Waals surface area contributed by atoms with Crippen LogP contribution in [0.25, 0.3) is 22.4 Å². The molecule has 0 fully saturated rings. The van der Waals surface area contributed by atoms with Crippen LogP contribution in [0.1, 0.15) is 80.8 Å². The number of benzene rings is 2. The third-order valence-electron chi connectivity index (χ3n) is 6.65. The predicted molar refractivity (Wildman–Crippen MR) is 159 cm³/mol. The van der Waals surface area contributed by atoms with E-state index in [9.17, 15) is 22.8 Å². The van der Waals surface area contributed by atoms with Crippen molar-refractivity contribution >= 4 is 12.0 Å². The van der Waals surface area contributed by atoms with E-state index >= 15 is 0 Å². The number of ether oxygens (including phenoxy) is 1. The quantitative estimate of drug-likeness (QED) is 0.220. The molecule has 0 spiro atoms. The minimum Gasteiger partial charge on any atom is -0.444 e. The molecule has 2 aromatic heterocycles. The number of halogens is 3. The van der Waals surface area contributed by atoms with Crippen molar-refractivity contribution in [1.82, 2.24) is 30.4 Å². The van der Waals surface area contributed by atoms with E-state index in [4.69, 9.17) is 4.74 Å². The summed E-state index contributed by atoms with van der Waals surface area (Å²) < 4.78 is 47.7. The normalized spacial score (nSPS) is 12.6. The van der Waals surface area contributed by atoms with Gasteiger partial charge in [0.2, 0.25) is 0 Å². The number of alkyl carbamates (subject to hydrolysis) is 1. The number of carbonyl (C=O) groups is 2. The van der Waals surface area contributed by atoms with E-state index in [0.717, 1.165) is 23.3 Å². The number of nitrogens with zero attached hydrogens (tertiary/aromatic N) is 4. The van der Waals surface area contributed by atoms with Gasteiger partial charge in [-0.15, -0.1) is 0 Å². The van der Waals surface area contributed by atoms with Crippen LogP contribution in [0.4, 0.5) is 18.0 Å². The molecule has 0 bridgehead atoms. The van der Waals surface area contributed by atoms with Crippen molar-refractivity contribution < 1.29 is 27.5 Å². The highest BCUT2D eigenvalue weighted by Crippen LogP contribution is 2.34. The Labute approximate surface area is 253 Å². The first kappa shape index (κ1) is 32.2. The minimum absolute atomic E-state index is 0.0320. The van der Waals surface area contributed by atoms with Crippen LogP contribution in [0.15, 0.2) is 67.3 Å². The number of alkyl halides is 3. The molecule has 0 aliphatic carbocycles. The summed E-state index contributed by atoms with van der Waals surface area (Å²) in [6.07, 6.45) is -0.370. The highest BCUT2D eigenvalue weighted by molar-refractivity contribution is 5.93. The number of carbonyl (C=O) groups excluding carboxylic acids is 2. The molecule has 2 aromatic carbocycles. The van der Waals surface area contributed by atoms with Crippen LogP contribution in [-0.4, -0.2) is 37.3 Å². The summed E-state index contributed by atoms with van der Waals surface area (Å²) in [4.78, 5) is 33.6. The third kappa shape index (κ3) is 8.21. The molecular formula is C32H35F3N6O3. The van der Waals surface area contributed by atoms with Gasteiger partial charge in [-0.2, -0.15) is 18.3 Å².